The Bertz CT molecular complexity index is 508. The lowest BCUT2D eigenvalue weighted by Crippen LogP contribution is -2.34. The number of amides is 2. The Morgan fingerprint density at radius 1 is 1.25 bits per heavy atom. The number of aryl methyl sites for hydroxylation is 2. The number of carbonyl (C=O) groups excluding carboxylic acids is 3. The van der Waals surface area contributed by atoms with Crippen molar-refractivity contribution in [2.75, 3.05) is 13.2 Å². The van der Waals surface area contributed by atoms with E-state index in [-0.39, 0.29) is 12.2 Å². The van der Waals surface area contributed by atoms with Crippen LogP contribution in [0.3, 0.4) is 0 Å². The molecule has 0 spiro atoms. The van der Waals surface area contributed by atoms with E-state index >= 15 is 0 Å². The maximum absolute atomic E-state index is 11.8. The van der Waals surface area contributed by atoms with Crippen LogP contribution in [0, 0.1) is 6.92 Å². The molecule has 0 aromatic carbocycles. The molecule has 110 valence electrons. The first-order valence-electron chi connectivity index (χ1n) is 6.08. The Morgan fingerprint density at radius 3 is 2.55 bits per heavy atom. The fourth-order valence-corrected chi connectivity index (χ4v) is 1.44. The van der Waals surface area contributed by atoms with E-state index in [0.29, 0.717) is 17.9 Å². The third-order valence-corrected chi connectivity index (χ3v) is 2.32. The van der Waals surface area contributed by atoms with Crippen LogP contribution in [-0.2, 0) is 20.7 Å². The maximum Gasteiger partial charge on any atom is 0.413 e. The van der Waals surface area contributed by atoms with Gasteiger partial charge in [-0.15, -0.1) is 0 Å². The summed E-state index contributed by atoms with van der Waals surface area (Å²) in [6.45, 7) is 4.53. The van der Waals surface area contributed by atoms with Gasteiger partial charge in [0.15, 0.2) is 6.61 Å². The molecule has 0 radical (unpaired) electrons. The Hall–Kier alpha value is -2.38. The van der Waals surface area contributed by atoms with Crippen molar-refractivity contribution in [3.63, 3.8) is 0 Å². The molecule has 8 nitrogen and oxygen atoms in total. The predicted molar refractivity (Wildman–Crippen MR) is 66.1 cm³/mol. The van der Waals surface area contributed by atoms with Crippen molar-refractivity contribution in [1.82, 2.24) is 10.5 Å². The Kier molecular flexibility index (Phi) is 5.70. The van der Waals surface area contributed by atoms with Gasteiger partial charge in [0.1, 0.15) is 11.3 Å². The van der Waals surface area contributed by atoms with Crippen LogP contribution < -0.4 is 5.32 Å². The highest BCUT2D eigenvalue weighted by atomic mass is 16.6. The Balaban J connectivity index is 2.53. The second-order valence-corrected chi connectivity index (χ2v) is 3.76. The molecular formula is C12H16N2O6. The number of ether oxygens (including phenoxy) is 2. The highest BCUT2D eigenvalue weighted by Gasteiger charge is 2.21. The van der Waals surface area contributed by atoms with E-state index in [1.165, 1.54) is 0 Å². The number of carbonyl (C=O) groups is 3. The number of alkyl carbamates (subject to hydrolysis) is 1. The Morgan fingerprint density at radius 2 is 1.95 bits per heavy atom. The third kappa shape index (κ3) is 4.08. The molecular weight excluding hydrogens is 268 g/mol. The molecule has 1 rings (SSSR count). The van der Waals surface area contributed by atoms with Crippen molar-refractivity contribution in [3.05, 3.63) is 17.0 Å². The lowest BCUT2D eigenvalue weighted by molar-refractivity contribution is -0.123. The number of rotatable bonds is 5. The summed E-state index contributed by atoms with van der Waals surface area (Å²) in [6.07, 6.45) is -0.388. The van der Waals surface area contributed by atoms with Gasteiger partial charge in [0.2, 0.25) is 0 Å². The molecule has 1 N–H and O–H groups in total. The van der Waals surface area contributed by atoms with Gasteiger partial charge in [0.05, 0.1) is 12.3 Å². The zero-order valence-corrected chi connectivity index (χ0v) is 11.5. The van der Waals surface area contributed by atoms with Gasteiger partial charge in [-0.3, -0.25) is 10.1 Å². The minimum Gasteiger partial charge on any atom is -0.452 e. The zero-order chi connectivity index (χ0) is 15.1. The minimum atomic E-state index is -0.885. The number of nitrogens with zero attached hydrogens (tertiary/aromatic N) is 1. The summed E-state index contributed by atoms with van der Waals surface area (Å²) in [5, 5.41) is 5.61. The monoisotopic (exact) mass is 284 g/mol. The van der Waals surface area contributed by atoms with Crippen LogP contribution in [0.25, 0.3) is 0 Å². The molecule has 1 aromatic rings. The fourth-order valence-electron chi connectivity index (χ4n) is 1.44. The first-order chi connectivity index (χ1) is 9.49. The van der Waals surface area contributed by atoms with Crippen LogP contribution in [-0.4, -0.2) is 36.3 Å². The number of esters is 1. The van der Waals surface area contributed by atoms with Crippen LogP contribution in [0.5, 0.6) is 0 Å². The van der Waals surface area contributed by atoms with Crippen LogP contribution in [0.2, 0.25) is 0 Å². The van der Waals surface area contributed by atoms with Gasteiger partial charge in [-0.2, -0.15) is 0 Å². The third-order valence-electron chi connectivity index (χ3n) is 2.32. The van der Waals surface area contributed by atoms with E-state index in [1.807, 2.05) is 12.2 Å². The lowest BCUT2D eigenvalue weighted by atomic mass is 10.1. The second kappa shape index (κ2) is 7.27. The predicted octanol–water partition coefficient (Wildman–Crippen LogP) is 0.975. The number of hydrogen-bond acceptors (Lipinski definition) is 7. The molecule has 0 fully saturated rings. The highest BCUT2D eigenvalue weighted by molar-refractivity contribution is 5.96. The van der Waals surface area contributed by atoms with Crippen LogP contribution in [0.4, 0.5) is 4.79 Å². The van der Waals surface area contributed by atoms with Crippen molar-refractivity contribution >= 4 is 18.0 Å². The average molecular weight is 284 g/mol. The molecule has 2 amide bonds. The summed E-state index contributed by atoms with van der Waals surface area (Å²) in [5.41, 5.74) is 0.662. The van der Waals surface area contributed by atoms with Gasteiger partial charge in [0.25, 0.3) is 5.91 Å². The summed E-state index contributed by atoms with van der Waals surface area (Å²) in [4.78, 5) is 34.1. The van der Waals surface area contributed by atoms with Gasteiger partial charge in [-0.05, 0) is 20.3 Å². The van der Waals surface area contributed by atoms with E-state index in [4.69, 9.17) is 9.26 Å². The molecule has 20 heavy (non-hydrogen) atoms. The summed E-state index contributed by atoms with van der Waals surface area (Å²) in [5.74, 6) is -1.18. The number of hydrogen-bond donors (Lipinski definition) is 1. The summed E-state index contributed by atoms with van der Waals surface area (Å²) in [7, 11) is 0. The van der Waals surface area contributed by atoms with Crippen molar-refractivity contribution in [2.24, 2.45) is 0 Å². The molecule has 0 aliphatic rings. The topological polar surface area (TPSA) is 108 Å². The number of nitrogens with one attached hydrogen (secondary N) is 1. The molecule has 0 saturated heterocycles. The van der Waals surface area contributed by atoms with Gasteiger partial charge in [-0.1, -0.05) is 12.1 Å². The van der Waals surface area contributed by atoms with E-state index in [9.17, 15) is 14.4 Å². The van der Waals surface area contributed by atoms with E-state index in [0.717, 1.165) is 0 Å². The fraction of sp³-hybridized carbons (Fsp3) is 0.500. The largest absolute Gasteiger partial charge is 0.452 e. The van der Waals surface area contributed by atoms with Gasteiger partial charge >= 0.3 is 12.1 Å². The smallest absolute Gasteiger partial charge is 0.413 e. The summed E-state index contributed by atoms with van der Waals surface area (Å²) < 4.78 is 14.2. The second-order valence-electron chi connectivity index (χ2n) is 3.76. The van der Waals surface area contributed by atoms with E-state index in [2.05, 4.69) is 9.89 Å². The first kappa shape index (κ1) is 15.7. The van der Waals surface area contributed by atoms with E-state index in [1.54, 1.807) is 13.8 Å². The molecule has 0 unspecified atom stereocenters. The molecule has 0 saturated carbocycles. The highest BCUT2D eigenvalue weighted by Crippen LogP contribution is 2.15. The molecule has 0 atom stereocenters. The standard InChI is InChI=1S/C12H16N2O6/c1-4-8-10(7(3)20-14-8)11(16)19-6-9(15)13-12(17)18-5-2/h4-6H2,1-3H3,(H,13,15,17). The molecule has 1 aromatic heterocycles. The van der Waals surface area contributed by atoms with Crippen molar-refractivity contribution in [1.29, 1.82) is 0 Å². The van der Waals surface area contributed by atoms with Crippen LogP contribution in [0.1, 0.15) is 35.7 Å². The molecule has 0 aliphatic heterocycles. The maximum atomic E-state index is 11.8. The lowest BCUT2D eigenvalue weighted by Gasteiger charge is -2.05. The Labute approximate surface area is 115 Å². The first-order valence-corrected chi connectivity index (χ1v) is 6.08. The number of imide groups is 1. The van der Waals surface area contributed by atoms with Crippen molar-refractivity contribution in [3.8, 4) is 0 Å². The number of aromatic nitrogens is 1. The average Bonchev–Trinajstić information content (AvgIpc) is 2.77. The molecule has 1 heterocycles. The van der Waals surface area contributed by atoms with Crippen molar-refractivity contribution < 1.29 is 28.4 Å². The van der Waals surface area contributed by atoms with Gasteiger partial charge in [0, 0.05) is 0 Å². The van der Waals surface area contributed by atoms with Crippen LogP contribution >= 0.6 is 0 Å². The van der Waals surface area contributed by atoms with E-state index < -0.39 is 24.6 Å². The van der Waals surface area contributed by atoms with Crippen molar-refractivity contribution in [2.45, 2.75) is 27.2 Å². The normalized spacial score (nSPS) is 9.95. The SMILES string of the molecule is CCOC(=O)NC(=O)COC(=O)c1c(CC)noc1C. The quantitative estimate of drug-likeness (QED) is 0.802. The minimum absolute atomic E-state index is 0.138. The summed E-state index contributed by atoms with van der Waals surface area (Å²) >= 11 is 0. The summed E-state index contributed by atoms with van der Waals surface area (Å²) in [6, 6.07) is 0. The molecule has 0 aliphatic carbocycles. The van der Waals surface area contributed by atoms with Crippen LogP contribution in [0.15, 0.2) is 4.52 Å². The van der Waals surface area contributed by atoms with Gasteiger partial charge in [-0.25, -0.2) is 9.59 Å². The van der Waals surface area contributed by atoms with Gasteiger partial charge < -0.3 is 14.0 Å². The molecule has 0 bridgehead atoms. The molecule has 8 heteroatoms. The zero-order valence-electron chi connectivity index (χ0n) is 11.5.